The average Bonchev–Trinajstić information content (AvgIpc) is 3.08. The van der Waals surface area contributed by atoms with Crippen molar-refractivity contribution in [2.24, 2.45) is 0 Å². The molecule has 2 unspecified atom stereocenters. The van der Waals surface area contributed by atoms with E-state index in [4.69, 9.17) is 9.26 Å². The number of aliphatic hydroxyl groups excluding tert-OH is 1. The van der Waals surface area contributed by atoms with Crippen LogP contribution in [0.2, 0.25) is 0 Å². The van der Waals surface area contributed by atoms with Gasteiger partial charge in [0.2, 0.25) is 11.7 Å². The molecule has 1 aromatic rings. The van der Waals surface area contributed by atoms with Crippen molar-refractivity contribution in [3.05, 3.63) is 11.7 Å². The standard InChI is InChI=1S/C14H22N2O3/c1-18-14(8-3-2-4-9-14)13-15-12(19-16-13)10-6-5-7-11(10)17/h10-11,17H,2-9H2,1H3. The van der Waals surface area contributed by atoms with Crippen molar-refractivity contribution in [1.82, 2.24) is 10.1 Å². The van der Waals surface area contributed by atoms with E-state index in [0.29, 0.717) is 11.7 Å². The fourth-order valence-corrected chi connectivity index (χ4v) is 3.44. The summed E-state index contributed by atoms with van der Waals surface area (Å²) in [6.45, 7) is 0. The third kappa shape index (κ3) is 2.30. The summed E-state index contributed by atoms with van der Waals surface area (Å²) in [5, 5.41) is 14.1. The van der Waals surface area contributed by atoms with Gasteiger partial charge in [-0.2, -0.15) is 4.98 Å². The highest BCUT2D eigenvalue weighted by Crippen LogP contribution is 2.40. The Morgan fingerprint density at radius 1 is 1.21 bits per heavy atom. The zero-order valence-electron chi connectivity index (χ0n) is 11.5. The van der Waals surface area contributed by atoms with E-state index in [9.17, 15) is 5.11 Å². The quantitative estimate of drug-likeness (QED) is 0.910. The number of aromatic nitrogens is 2. The van der Waals surface area contributed by atoms with E-state index in [-0.39, 0.29) is 17.6 Å². The molecular weight excluding hydrogens is 244 g/mol. The lowest BCUT2D eigenvalue weighted by atomic mass is 9.84. The Hall–Kier alpha value is -0.940. The number of hydrogen-bond donors (Lipinski definition) is 1. The molecule has 0 amide bonds. The molecule has 0 radical (unpaired) electrons. The average molecular weight is 266 g/mol. The van der Waals surface area contributed by atoms with E-state index in [2.05, 4.69) is 10.1 Å². The Bertz CT molecular complexity index is 426. The normalized spacial score (nSPS) is 30.6. The molecule has 2 saturated carbocycles. The van der Waals surface area contributed by atoms with E-state index in [1.165, 1.54) is 6.42 Å². The molecule has 5 heteroatoms. The lowest BCUT2D eigenvalue weighted by molar-refractivity contribution is -0.0527. The van der Waals surface area contributed by atoms with Gasteiger partial charge in [0.15, 0.2) is 0 Å². The van der Waals surface area contributed by atoms with Crippen molar-refractivity contribution in [3.8, 4) is 0 Å². The Balaban J connectivity index is 1.83. The highest BCUT2D eigenvalue weighted by Gasteiger charge is 2.40. The maximum Gasteiger partial charge on any atom is 0.232 e. The molecule has 5 nitrogen and oxygen atoms in total. The summed E-state index contributed by atoms with van der Waals surface area (Å²) >= 11 is 0. The minimum atomic E-state index is -0.371. The van der Waals surface area contributed by atoms with Gasteiger partial charge in [-0.25, -0.2) is 0 Å². The summed E-state index contributed by atoms with van der Waals surface area (Å²) in [6.07, 6.45) is 7.90. The molecule has 2 aliphatic carbocycles. The number of ether oxygens (including phenoxy) is 1. The molecule has 1 N–H and O–H groups in total. The largest absolute Gasteiger partial charge is 0.392 e. The molecule has 1 aromatic heterocycles. The number of methoxy groups -OCH3 is 1. The van der Waals surface area contributed by atoms with E-state index >= 15 is 0 Å². The van der Waals surface area contributed by atoms with Gasteiger partial charge in [0.05, 0.1) is 12.0 Å². The second-order valence-corrected chi connectivity index (χ2v) is 5.82. The highest BCUT2D eigenvalue weighted by molar-refractivity contribution is 5.07. The minimum Gasteiger partial charge on any atom is -0.392 e. The third-order valence-electron chi connectivity index (χ3n) is 4.70. The van der Waals surface area contributed by atoms with Crippen LogP contribution < -0.4 is 0 Å². The van der Waals surface area contributed by atoms with Gasteiger partial charge in [0, 0.05) is 7.11 Å². The van der Waals surface area contributed by atoms with Crippen LogP contribution in [0.15, 0.2) is 4.52 Å². The SMILES string of the molecule is COC1(c2noc(C3CCCC3O)n2)CCCCC1. The van der Waals surface area contributed by atoms with Gasteiger partial charge in [0.25, 0.3) is 0 Å². The molecule has 2 aliphatic rings. The molecule has 19 heavy (non-hydrogen) atoms. The third-order valence-corrected chi connectivity index (χ3v) is 4.70. The van der Waals surface area contributed by atoms with Gasteiger partial charge in [-0.15, -0.1) is 0 Å². The first-order chi connectivity index (χ1) is 9.25. The van der Waals surface area contributed by atoms with Crippen molar-refractivity contribution in [3.63, 3.8) is 0 Å². The fraction of sp³-hybridized carbons (Fsp3) is 0.857. The minimum absolute atomic E-state index is 0.0127. The van der Waals surface area contributed by atoms with E-state index in [1.54, 1.807) is 7.11 Å². The number of nitrogens with zero attached hydrogens (tertiary/aromatic N) is 2. The summed E-state index contributed by atoms with van der Waals surface area (Å²) in [5.41, 5.74) is -0.371. The molecule has 1 heterocycles. The predicted octanol–water partition coefficient (Wildman–Crippen LogP) is 2.50. The van der Waals surface area contributed by atoms with Gasteiger partial charge in [0.1, 0.15) is 5.60 Å². The molecule has 0 aliphatic heterocycles. The van der Waals surface area contributed by atoms with Crippen LogP contribution in [0, 0.1) is 0 Å². The lowest BCUT2D eigenvalue weighted by Gasteiger charge is -2.32. The second-order valence-electron chi connectivity index (χ2n) is 5.82. The first-order valence-corrected chi connectivity index (χ1v) is 7.32. The molecule has 2 fully saturated rings. The van der Waals surface area contributed by atoms with Crippen LogP contribution in [-0.2, 0) is 10.3 Å². The summed E-state index contributed by atoms with van der Waals surface area (Å²) in [5.74, 6) is 1.27. The number of rotatable bonds is 3. The van der Waals surface area contributed by atoms with Crippen molar-refractivity contribution >= 4 is 0 Å². The summed E-state index contributed by atoms with van der Waals surface area (Å²) in [4.78, 5) is 4.55. The van der Waals surface area contributed by atoms with E-state index in [1.807, 2.05) is 0 Å². The lowest BCUT2D eigenvalue weighted by Crippen LogP contribution is -2.32. The van der Waals surface area contributed by atoms with Gasteiger partial charge in [-0.05, 0) is 32.1 Å². The van der Waals surface area contributed by atoms with Crippen LogP contribution in [0.25, 0.3) is 0 Å². The van der Waals surface area contributed by atoms with Gasteiger partial charge in [-0.3, -0.25) is 0 Å². The van der Waals surface area contributed by atoms with E-state index < -0.39 is 0 Å². The molecule has 3 rings (SSSR count). The zero-order chi connectivity index (χ0) is 13.3. The Morgan fingerprint density at radius 3 is 2.63 bits per heavy atom. The first-order valence-electron chi connectivity index (χ1n) is 7.32. The van der Waals surface area contributed by atoms with Crippen LogP contribution in [0.5, 0.6) is 0 Å². The van der Waals surface area contributed by atoms with Crippen molar-refractivity contribution < 1.29 is 14.4 Å². The van der Waals surface area contributed by atoms with Crippen LogP contribution in [0.3, 0.4) is 0 Å². The highest BCUT2D eigenvalue weighted by atomic mass is 16.5. The topological polar surface area (TPSA) is 68.4 Å². The first kappa shape index (κ1) is 13.1. The summed E-state index contributed by atoms with van der Waals surface area (Å²) in [7, 11) is 1.73. The van der Waals surface area contributed by atoms with Gasteiger partial charge >= 0.3 is 0 Å². The molecular formula is C14H22N2O3. The second kappa shape index (κ2) is 5.21. The molecule has 0 spiro atoms. The predicted molar refractivity (Wildman–Crippen MR) is 68.7 cm³/mol. The van der Waals surface area contributed by atoms with Crippen LogP contribution in [0.1, 0.15) is 69.0 Å². The maximum atomic E-state index is 9.92. The molecule has 0 aromatic carbocycles. The van der Waals surface area contributed by atoms with Crippen LogP contribution in [-0.4, -0.2) is 28.5 Å². The molecule has 2 atom stereocenters. The molecule has 0 saturated heterocycles. The van der Waals surface area contributed by atoms with Crippen molar-refractivity contribution in [2.75, 3.05) is 7.11 Å². The Morgan fingerprint density at radius 2 is 2.00 bits per heavy atom. The smallest absolute Gasteiger partial charge is 0.232 e. The van der Waals surface area contributed by atoms with E-state index in [0.717, 1.165) is 44.9 Å². The van der Waals surface area contributed by atoms with Crippen molar-refractivity contribution in [2.45, 2.75) is 69.0 Å². The summed E-state index contributed by atoms with van der Waals surface area (Å²) in [6, 6.07) is 0. The van der Waals surface area contributed by atoms with Crippen LogP contribution >= 0.6 is 0 Å². The Labute approximate surface area is 113 Å². The Kier molecular flexibility index (Phi) is 3.58. The van der Waals surface area contributed by atoms with Crippen molar-refractivity contribution in [1.29, 1.82) is 0 Å². The maximum absolute atomic E-state index is 9.92. The zero-order valence-corrected chi connectivity index (χ0v) is 11.5. The monoisotopic (exact) mass is 266 g/mol. The molecule has 106 valence electrons. The van der Waals surface area contributed by atoms with Gasteiger partial charge < -0.3 is 14.4 Å². The van der Waals surface area contributed by atoms with Crippen LogP contribution in [0.4, 0.5) is 0 Å². The fourth-order valence-electron chi connectivity index (χ4n) is 3.44. The number of aliphatic hydroxyl groups is 1. The van der Waals surface area contributed by atoms with Gasteiger partial charge in [-0.1, -0.05) is 24.4 Å². The summed E-state index contributed by atoms with van der Waals surface area (Å²) < 4.78 is 11.1. The molecule has 0 bridgehead atoms. The number of hydrogen-bond acceptors (Lipinski definition) is 5.